The van der Waals surface area contributed by atoms with Gasteiger partial charge in [0.15, 0.2) is 0 Å². The van der Waals surface area contributed by atoms with Crippen molar-refractivity contribution in [2.45, 2.75) is 51.1 Å². The van der Waals surface area contributed by atoms with Gasteiger partial charge < -0.3 is 16.4 Å². The zero-order valence-corrected chi connectivity index (χ0v) is 17.6. The first kappa shape index (κ1) is 21.8. The molecule has 1 fully saturated rings. The highest BCUT2D eigenvalue weighted by Crippen LogP contribution is 2.34. The molecule has 7 nitrogen and oxygen atoms in total. The summed E-state index contributed by atoms with van der Waals surface area (Å²) in [6.07, 6.45) is 3.07. The molecule has 0 spiro atoms. The third-order valence-corrected chi connectivity index (χ3v) is 5.88. The number of hydrogen-bond acceptors (Lipinski definition) is 4. The Morgan fingerprint density at radius 3 is 2.53 bits per heavy atom. The maximum absolute atomic E-state index is 12.5. The summed E-state index contributed by atoms with van der Waals surface area (Å²) in [6.45, 7) is 2.72. The van der Waals surface area contributed by atoms with Crippen molar-refractivity contribution in [2.75, 3.05) is 18.8 Å². The van der Waals surface area contributed by atoms with Gasteiger partial charge in [0.25, 0.3) is 5.91 Å². The van der Waals surface area contributed by atoms with Gasteiger partial charge in [-0.1, -0.05) is 31.2 Å². The fourth-order valence-electron chi connectivity index (χ4n) is 4.20. The van der Waals surface area contributed by atoms with E-state index >= 15 is 0 Å². The SMILES string of the molecule is CCC(=O)N1CCC(F)C1.Cn1nc(C2CCc3ccccc3C2)c(C(N)=O)c1N. The second-order valence-electron chi connectivity index (χ2n) is 7.92. The van der Waals surface area contributed by atoms with Crippen LogP contribution in [0.4, 0.5) is 10.2 Å². The Bertz CT molecular complexity index is 926. The molecule has 4 rings (SSSR count). The van der Waals surface area contributed by atoms with Crippen molar-refractivity contribution in [2.24, 2.45) is 12.8 Å². The lowest BCUT2D eigenvalue weighted by Gasteiger charge is -2.23. The number of alkyl halides is 1. The zero-order valence-electron chi connectivity index (χ0n) is 17.6. The van der Waals surface area contributed by atoms with Crippen molar-refractivity contribution in [3.63, 3.8) is 0 Å². The van der Waals surface area contributed by atoms with E-state index in [1.165, 1.54) is 15.8 Å². The predicted octanol–water partition coefficient (Wildman–Crippen LogP) is 2.34. The Morgan fingerprint density at radius 1 is 1.23 bits per heavy atom. The van der Waals surface area contributed by atoms with Gasteiger partial charge in [0.1, 0.15) is 17.6 Å². The fourth-order valence-corrected chi connectivity index (χ4v) is 4.20. The van der Waals surface area contributed by atoms with Gasteiger partial charge in [0.05, 0.1) is 12.2 Å². The number of primary amides is 1. The minimum atomic E-state index is -0.782. The largest absolute Gasteiger partial charge is 0.383 e. The summed E-state index contributed by atoms with van der Waals surface area (Å²) < 4.78 is 14.0. The first-order valence-corrected chi connectivity index (χ1v) is 10.4. The van der Waals surface area contributed by atoms with E-state index in [-0.39, 0.29) is 11.8 Å². The summed E-state index contributed by atoms with van der Waals surface area (Å²) in [5, 5.41) is 4.42. The number of hydrogen-bond donors (Lipinski definition) is 2. The maximum atomic E-state index is 12.5. The van der Waals surface area contributed by atoms with Gasteiger partial charge in [0.2, 0.25) is 5.91 Å². The average molecular weight is 416 g/mol. The highest BCUT2D eigenvalue weighted by Gasteiger charge is 2.28. The van der Waals surface area contributed by atoms with E-state index < -0.39 is 12.1 Å². The lowest BCUT2D eigenvalue weighted by Crippen LogP contribution is -2.27. The molecule has 30 heavy (non-hydrogen) atoms. The molecule has 162 valence electrons. The van der Waals surface area contributed by atoms with E-state index in [4.69, 9.17) is 11.5 Å². The van der Waals surface area contributed by atoms with Crippen molar-refractivity contribution >= 4 is 17.6 Å². The molecule has 8 heteroatoms. The molecule has 1 aromatic carbocycles. The van der Waals surface area contributed by atoms with Crippen LogP contribution in [0.3, 0.4) is 0 Å². The van der Waals surface area contributed by atoms with Crippen LogP contribution in [-0.2, 0) is 24.7 Å². The zero-order chi connectivity index (χ0) is 21.8. The monoisotopic (exact) mass is 415 g/mol. The molecular weight excluding hydrogens is 385 g/mol. The number of likely N-dealkylation sites (tertiary alicyclic amines) is 1. The number of aryl methyl sites for hydroxylation is 2. The third-order valence-electron chi connectivity index (χ3n) is 5.88. The number of carbonyl (C=O) groups is 2. The van der Waals surface area contributed by atoms with Crippen LogP contribution in [0.1, 0.15) is 59.3 Å². The normalized spacial score (nSPS) is 20.3. The van der Waals surface area contributed by atoms with Crippen LogP contribution in [0.25, 0.3) is 0 Å². The summed E-state index contributed by atoms with van der Waals surface area (Å²) in [5.41, 5.74) is 15.2. The van der Waals surface area contributed by atoms with Gasteiger partial charge in [-0.05, 0) is 36.8 Å². The molecule has 2 atom stereocenters. The Hall–Kier alpha value is -2.90. The van der Waals surface area contributed by atoms with Gasteiger partial charge >= 0.3 is 0 Å². The van der Waals surface area contributed by atoms with Crippen LogP contribution >= 0.6 is 0 Å². The molecule has 1 saturated heterocycles. The predicted molar refractivity (Wildman–Crippen MR) is 114 cm³/mol. The van der Waals surface area contributed by atoms with Gasteiger partial charge in [0, 0.05) is 25.9 Å². The van der Waals surface area contributed by atoms with Crippen molar-refractivity contribution < 1.29 is 14.0 Å². The van der Waals surface area contributed by atoms with Crippen molar-refractivity contribution in [1.82, 2.24) is 14.7 Å². The van der Waals surface area contributed by atoms with Crippen LogP contribution in [0.5, 0.6) is 0 Å². The number of amides is 2. The van der Waals surface area contributed by atoms with E-state index in [1.54, 1.807) is 18.9 Å². The topological polar surface area (TPSA) is 107 Å². The first-order valence-electron chi connectivity index (χ1n) is 10.4. The number of halogens is 1. The molecule has 2 heterocycles. The van der Waals surface area contributed by atoms with Crippen LogP contribution < -0.4 is 11.5 Å². The second-order valence-corrected chi connectivity index (χ2v) is 7.92. The number of benzene rings is 1. The van der Waals surface area contributed by atoms with Gasteiger partial charge in [-0.3, -0.25) is 14.3 Å². The lowest BCUT2D eigenvalue weighted by molar-refractivity contribution is -0.129. The summed E-state index contributed by atoms with van der Waals surface area (Å²) in [4.78, 5) is 24.1. The van der Waals surface area contributed by atoms with Crippen LogP contribution in [0.15, 0.2) is 24.3 Å². The number of nitrogens with two attached hydrogens (primary N) is 2. The number of nitrogen functional groups attached to an aromatic ring is 1. The minimum Gasteiger partial charge on any atom is -0.383 e. The molecular formula is C22H30FN5O2. The van der Waals surface area contributed by atoms with Crippen LogP contribution in [-0.4, -0.2) is 45.8 Å². The van der Waals surface area contributed by atoms with E-state index in [1.807, 2.05) is 6.07 Å². The van der Waals surface area contributed by atoms with Crippen LogP contribution in [0, 0.1) is 0 Å². The molecule has 1 aliphatic heterocycles. The standard InChI is InChI=1S/C15H18N4O.C7H12FNO/c1-19-14(16)12(15(17)20)13(18-19)11-7-6-9-4-2-3-5-10(9)8-11;1-2-7(10)9-4-3-6(8)5-9/h2-5,11H,6-8,16H2,1H3,(H2,17,20);6H,2-5H2,1H3. The quantitative estimate of drug-likeness (QED) is 0.802. The van der Waals surface area contributed by atoms with Gasteiger partial charge in [-0.2, -0.15) is 5.10 Å². The van der Waals surface area contributed by atoms with E-state index in [0.717, 1.165) is 25.0 Å². The number of rotatable bonds is 3. The Morgan fingerprint density at radius 2 is 1.93 bits per heavy atom. The summed E-state index contributed by atoms with van der Waals surface area (Å²) in [6, 6.07) is 8.40. The lowest BCUT2D eigenvalue weighted by atomic mass is 9.81. The smallest absolute Gasteiger partial charge is 0.254 e. The summed E-state index contributed by atoms with van der Waals surface area (Å²) in [7, 11) is 1.74. The number of anilines is 1. The first-order chi connectivity index (χ1) is 14.3. The van der Waals surface area contributed by atoms with E-state index in [9.17, 15) is 14.0 Å². The molecule has 2 amide bonds. The van der Waals surface area contributed by atoms with Crippen molar-refractivity contribution in [3.8, 4) is 0 Å². The molecule has 1 aromatic heterocycles. The van der Waals surface area contributed by atoms with E-state index in [0.29, 0.717) is 37.3 Å². The van der Waals surface area contributed by atoms with E-state index in [2.05, 4.69) is 23.3 Å². The Balaban J connectivity index is 0.000000216. The molecule has 2 aromatic rings. The Kier molecular flexibility index (Phi) is 6.74. The second kappa shape index (κ2) is 9.28. The van der Waals surface area contributed by atoms with Crippen LogP contribution in [0.2, 0.25) is 0 Å². The average Bonchev–Trinajstić information content (AvgIpc) is 3.31. The highest BCUT2D eigenvalue weighted by atomic mass is 19.1. The molecule has 1 aliphatic carbocycles. The highest BCUT2D eigenvalue weighted by molar-refractivity contribution is 5.98. The molecule has 0 bridgehead atoms. The maximum Gasteiger partial charge on any atom is 0.254 e. The fraction of sp³-hybridized carbons (Fsp3) is 0.500. The Labute approximate surface area is 176 Å². The van der Waals surface area contributed by atoms with Gasteiger partial charge in [-0.15, -0.1) is 0 Å². The minimum absolute atomic E-state index is 0.0696. The molecule has 2 unspecified atom stereocenters. The number of fused-ring (bicyclic) bond motifs is 1. The summed E-state index contributed by atoms with van der Waals surface area (Å²) >= 11 is 0. The third kappa shape index (κ3) is 4.63. The molecule has 0 saturated carbocycles. The summed E-state index contributed by atoms with van der Waals surface area (Å²) in [5.74, 6) is 0.131. The molecule has 2 aliphatic rings. The number of carbonyl (C=O) groups excluding carboxylic acids is 2. The molecule has 0 radical (unpaired) electrons. The van der Waals surface area contributed by atoms with Crippen molar-refractivity contribution in [3.05, 3.63) is 46.6 Å². The number of aromatic nitrogens is 2. The number of nitrogens with zero attached hydrogens (tertiary/aromatic N) is 3. The molecule has 4 N–H and O–H groups in total. The van der Waals surface area contributed by atoms with Gasteiger partial charge in [-0.25, -0.2) is 4.39 Å². The van der Waals surface area contributed by atoms with Crippen molar-refractivity contribution in [1.29, 1.82) is 0 Å².